The van der Waals surface area contributed by atoms with Crippen molar-refractivity contribution >= 4 is 28.9 Å². The minimum Gasteiger partial charge on any atom is -0.494 e. The second kappa shape index (κ2) is 9.80. The first-order valence-electron chi connectivity index (χ1n) is 10.1. The molecule has 6 heteroatoms. The molecule has 0 bridgehead atoms. The van der Waals surface area contributed by atoms with Gasteiger partial charge in [0, 0.05) is 42.3 Å². The zero-order chi connectivity index (χ0) is 22.4. The van der Waals surface area contributed by atoms with Crippen LogP contribution in [0.5, 0.6) is 5.75 Å². The highest BCUT2D eigenvalue weighted by molar-refractivity contribution is 6.07. The van der Waals surface area contributed by atoms with Gasteiger partial charge >= 0.3 is 0 Å². The predicted molar refractivity (Wildman–Crippen MR) is 125 cm³/mol. The van der Waals surface area contributed by atoms with Gasteiger partial charge in [0.15, 0.2) is 0 Å². The van der Waals surface area contributed by atoms with Crippen LogP contribution in [0.1, 0.15) is 33.2 Å². The Morgan fingerprint density at radius 1 is 0.871 bits per heavy atom. The van der Waals surface area contributed by atoms with E-state index in [2.05, 4.69) is 10.6 Å². The summed E-state index contributed by atoms with van der Waals surface area (Å²) < 4.78 is 5.41. The Morgan fingerprint density at radius 3 is 2.26 bits per heavy atom. The summed E-state index contributed by atoms with van der Waals surface area (Å²) >= 11 is 0. The van der Waals surface area contributed by atoms with Crippen molar-refractivity contribution in [1.82, 2.24) is 0 Å². The van der Waals surface area contributed by atoms with Crippen molar-refractivity contribution < 1.29 is 14.3 Å². The van der Waals surface area contributed by atoms with E-state index >= 15 is 0 Å². The number of hydrogen-bond donors (Lipinski definition) is 2. The smallest absolute Gasteiger partial charge is 0.255 e. The fourth-order valence-electron chi connectivity index (χ4n) is 3.03. The molecule has 0 unspecified atom stereocenters. The van der Waals surface area contributed by atoms with E-state index in [9.17, 15) is 9.59 Å². The highest BCUT2D eigenvalue weighted by atomic mass is 16.5. The summed E-state index contributed by atoms with van der Waals surface area (Å²) in [4.78, 5) is 27.3. The van der Waals surface area contributed by atoms with Crippen molar-refractivity contribution in [3.63, 3.8) is 0 Å². The third kappa shape index (κ3) is 5.63. The molecule has 0 saturated heterocycles. The van der Waals surface area contributed by atoms with Gasteiger partial charge in [0.1, 0.15) is 5.75 Å². The van der Waals surface area contributed by atoms with Crippen LogP contribution < -0.4 is 20.3 Å². The van der Waals surface area contributed by atoms with Crippen molar-refractivity contribution in [2.45, 2.75) is 13.8 Å². The quantitative estimate of drug-likeness (QED) is 0.570. The average molecular weight is 418 g/mol. The molecule has 0 aliphatic carbocycles. The topological polar surface area (TPSA) is 70.7 Å². The Kier molecular flexibility index (Phi) is 6.92. The third-order valence-corrected chi connectivity index (χ3v) is 4.80. The van der Waals surface area contributed by atoms with Gasteiger partial charge in [-0.05, 0) is 74.0 Å². The van der Waals surface area contributed by atoms with Crippen LogP contribution in [0.3, 0.4) is 0 Å². The highest BCUT2D eigenvalue weighted by Crippen LogP contribution is 2.23. The zero-order valence-electron chi connectivity index (χ0n) is 18.2. The standard InChI is InChI=1S/C25H27N3O3/c1-5-31-22-13-10-18(11-14-22)24(29)27-23-16-20(12-9-17(23)2)26-25(30)19-7-6-8-21(15-19)28(3)4/h6-16H,5H2,1-4H3,(H,26,30)(H,27,29). The van der Waals surface area contributed by atoms with Gasteiger partial charge in [0.2, 0.25) is 0 Å². The fourth-order valence-corrected chi connectivity index (χ4v) is 3.03. The Labute approximate surface area is 182 Å². The number of rotatable bonds is 7. The van der Waals surface area contributed by atoms with Crippen LogP contribution in [0, 0.1) is 6.92 Å². The zero-order valence-corrected chi connectivity index (χ0v) is 18.2. The Hall–Kier alpha value is -3.80. The van der Waals surface area contributed by atoms with Crippen molar-refractivity contribution in [3.8, 4) is 5.75 Å². The van der Waals surface area contributed by atoms with E-state index in [4.69, 9.17) is 4.74 Å². The second-order valence-electron chi connectivity index (χ2n) is 7.34. The van der Waals surface area contributed by atoms with Crippen molar-refractivity contribution in [2.24, 2.45) is 0 Å². The molecule has 0 heterocycles. The lowest BCUT2D eigenvalue weighted by atomic mass is 10.1. The molecule has 0 aromatic heterocycles. The molecule has 0 radical (unpaired) electrons. The van der Waals surface area contributed by atoms with Crippen molar-refractivity contribution in [2.75, 3.05) is 36.2 Å². The fraction of sp³-hybridized carbons (Fsp3) is 0.200. The molecule has 3 rings (SSSR count). The van der Waals surface area contributed by atoms with Gasteiger partial charge in [-0.1, -0.05) is 12.1 Å². The summed E-state index contributed by atoms with van der Waals surface area (Å²) in [5, 5.41) is 5.82. The first-order chi connectivity index (χ1) is 14.9. The maximum Gasteiger partial charge on any atom is 0.255 e. The predicted octanol–water partition coefficient (Wildman–Crippen LogP) is 4.96. The van der Waals surface area contributed by atoms with Crippen LogP contribution in [0.2, 0.25) is 0 Å². The molecule has 0 saturated carbocycles. The van der Waals surface area contributed by atoms with Gasteiger partial charge in [-0.3, -0.25) is 9.59 Å². The summed E-state index contributed by atoms with van der Waals surface area (Å²) in [5.74, 6) is 0.280. The van der Waals surface area contributed by atoms with Crippen LogP contribution >= 0.6 is 0 Å². The lowest BCUT2D eigenvalue weighted by Gasteiger charge is -2.14. The summed E-state index contributed by atoms with van der Waals surface area (Å²) in [6, 6.07) is 19.8. The molecular weight excluding hydrogens is 390 g/mol. The Bertz CT molecular complexity index is 1080. The van der Waals surface area contributed by atoms with E-state index < -0.39 is 0 Å². The molecule has 0 aliphatic heterocycles. The highest BCUT2D eigenvalue weighted by Gasteiger charge is 2.11. The minimum absolute atomic E-state index is 0.212. The van der Waals surface area contributed by atoms with Crippen LogP contribution in [0.25, 0.3) is 0 Å². The molecule has 0 spiro atoms. The minimum atomic E-state index is -0.228. The summed E-state index contributed by atoms with van der Waals surface area (Å²) in [6.45, 7) is 4.39. The molecule has 0 atom stereocenters. The largest absolute Gasteiger partial charge is 0.494 e. The molecule has 0 aliphatic rings. The number of carbonyl (C=O) groups is 2. The molecule has 0 fully saturated rings. The van der Waals surface area contributed by atoms with Crippen LogP contribution in [-0.2, 0) is 0 Å². The molecule has 31 heavy (non-hydrogen) atoms. The molecule has 2 N–H and O–H groups in total. The van der Waals surface area contributed by atoms with Crippen LogP contribution in [0.4, 0.5) is 17.1 Å². The molecule has 6 nitrogen and oxygen atoms in total. The van der Waals surface area contributed by atoms with Crippen LogP contribution in [0.15, 0.2) is 66.7 Å². The number of hydrogen-bond acceptors (Lipinski definition) is 4. The number of nitrogens with one attached hydrogen (secondary N) is 2. The lowest BCUT2D eigenvalue weighted by molar-refractivity contribution is 0.101. The molecule has 3 aromatic rings. The average Bonchev–Trinajstić information content (AvgIpc) is 2.76. The van der Waals surface area contributed by atoms with Gasteiger partial charge in [-0.15, -0.1) is 0 Å². The van der Waals surface area contributed by atoms with E-state index in [1.807, 2.05) is 63.2 Å². The summed E-state index contributed by atoms with van der Waals surface area (Å²) in [6.07, 6.45) is 0. The maximum absolute atomic E-state index is 12.7. The van der Waals surface area contributed by atoms with E-state index in [1.54, 1.807) is 36.4 Å². The van der Waals surface area contributed by atoms with Crippen molar-refractivity contribution in [1.29, 1.82) is 0 Å². The van der Waals surface area contributed by atoms with Gasteiger partial charge in [-0.2, -0.15) is 0 Å². The van der Waals surface area contributed by atoms with Gasteiger partial charge in [0.25, 0.3) is 11.8 Å². The normalized spacial score (nSPS) is 10.3. The monoisotopic (exact) mass is 417 g/mol. The lowest BCUT2D eigenvalue weighted by Crippen LogP contribution is -2.15. The molecule has 3 aromatic carbocycles. The van der Waals surface area contributed by atoms with Gasteiger partial charge < -0.3 is 20.3 Å². The first kappa shape index (κ1) is 21.9. The van der Waals surface area contributed by atoms with E-state index in [1.165, 1.54) is 0 Å². The maximum atomic E-state index is 12.7. The number of amides is 2. The first-order valence-corrected chi connectivity index (χ1v) is 10.1. The third-order valence-electron chi connectivity index (χ3n) is 4.80. The van der Waals surface area contributed by atoms with Gasteiger partial charge in [-0.25, -0.2) is 0 Å². The number of ether oxygens (including phenoxy) is 1. The summed E-state index contributed by atoms with van der Waals surface area (Å²) in [5.41, 5.74) is 4.17. The Balaban J connectivity index is 1.73. The molecular formula is C25H27N3O3. The van der Waals surface area contributed by atoms with E-state index in [0.717, 1.165) is 17.0 Å². The molecule has 160 valence electrons. The number of aryl methyl sites for hydroxylation is 1. The van der Waals surface area contributed by atoms with Crippen molar-refractivity contribution in [3.05, 3.63) is 83.4 Å². The van der Waals surface area contributed by atoms with Crippen LogP contribution in [-0.4, -0.2) is 32.5 Å². The number of nitrogens with zero attached hydrogens (tertiary/aromatic N) is 1. The summed E-state index contributed by atoms with van der Waals surface area (Å²) in [7, 11) is 3.85. The van der Waals surface area contributed by atoms with E-state index in [-0.39, 0.29) is 11.8 Å². The SMILES string of the molecule is CCOc1ccc(C(=O)Nc2cc(NC(=O)c3cccc(N(C)C)c3)ccc2C)cc1. The number of benzene rings is 3. The Morgan fingerprint density at radius 2 is 1.58 bits per heavy atom. The second-order valence-corrected chi connectivity index (χ2v) is 7.34. The number of anilines is 3. The molecule has 2 amide bonds. The number of carbonyl (C=O) groups excluding carboxylic acids is 2. The van der Waals surface area contributed by atoms with Gasteiger partial charge in [0.05, 0.1) is 6.61 Å². The van der Waals surface area contributed by atoms with E-state index in [0.29, 0.717) is 29.1 Å².